The van der Waals surface area contributed by atoms with Crippen LogP contribution in [-0.4, -0.2) is 31.7 Å². The van der Waals surface area contributed by atoms with Crippen LogP contribution in [0.4, 0.5) is 10.1 Å². The van der Waals surface area contributed by atoms with Gasteiger partial charge in [0.2, 0.25) is 0 Å². The van der Waals surface area contributed by atoms with Gasteiger partial charge in [-0.3, -0.25) is 4.79 Å². The van der Waals surface area contributed by atoms with Gasteiger partial charge in [0, 0.05) is 13.1 Å². The molecule has 0 radical (unpaired) electrons. The molecule has 5 heteroatoms. The van der Waals surface area contributed by atoms with Crippen LogP contribution in [0, 0.1) is 5.82 Å². The van der Waals surface area contributed by atoms with Crippen LogP contribution in [-0.2, 0) is 6.42 Å². The maximum Gasteiger partial charge on any atom is 0.257 e. The Balaban J connectivity index is 2.11. The Morgan fingerprint density at radius 1 is 1.42 bits per heavy atom. The fourth-order valence-corrected chi connectivity index (χ4v) is 2.84. The van der Waals surface area contributed by atoms with E-state index in [1.807, 2.05) is 13.0 Å². The molecule has 102 valence electrons. The summed E-state index contributed by atoms with van der Waals surface area (Å²) in [5, 5.41) is 6.21. The largest absolute Gasteiger partial charge is 0.349 e. The molecular weight excluding hydrogens is 245 g/mol. The molecule has 0 saturated carbocycles. The van der Waals surface area contributed by atoms with Crippen LogP contribution in [0.5, 0.6) is 0 Å². The van der Waals surface area contributed by atoms with Gasteiger partial charge in [-0.05, 0) is 37.1 Å². The molecule has 0 bridgehead atoms. The molecule has 2 N–H and O–H groups in total. The van der Waals surface area contributed by atoms with Crippen molar-refractivity contribution in [2.45, 2.75) is 25.9 Å². The minimum Gasteiger partial charge on any atom is -0.349 e. The zero-order chi connectivity index (χ0) is 13.4. The van der Waals surface area contributed by atoms with E-state index in [0.29, 0.717) is 0 Å². The summed E-state index contributed by atoms with van der Waals surface area (Å²) in [6.45, 7) is 4.49. The molecule has 1 atom stereocenters. The Morgan fingerprint density at radius 3 is 3.05 bits per heavy atom. The van der Waals surface area contributed by atoms with Gasteiger partial charge < -0.3 is 15.5 Å². The summed E-state index contributed by atoms with van der Waals surface area (Å²) in [5.74, 6) is -0.708. The Labute approximate surface area is 112 Å². The van der Waals surface area contributed by atoms with Gasteiger partial charge in [-0.15, -0.1) is 0 Å². The predicted octanol–water partition coefficient (Wildman–Crippen LogP) is 1.26. The van der Waals surface area contributed by atoms with Crippen LogP contribution in [0.3, 0.4) is 0 Å². The van der Waals surface area contributed by atoms with E-state index >= 15 is 0 Å². The smallest absolute Gasteiger partial charge is 0.257 e. The molecule has 2 aliphatic rings. The number of hydrogen-bond donors (Lipinski definition) is 2. The number of carbonyl (C=O) groups excluding carboxylic acids is 1. The number of aryl methyl sites for hydroxylation is 1. The lowest BCUT2D eigenvalue weighted by Gasteiger charge is -2.38. The fourth-order valence-electron chi connectivity index (χ4n) is 2.84. The molecule has 19 heavy (non-hydrogen) atoms. The van der Waals surface area contributed by atoms with Crippen molar-refractivity contribution in [3.63, 3.8) is 0 Å². The number of hydrogen-bond acceptors (Lipinski definition) is 3. The summed E-state index contributed by atoms with van der Waals surface area (Å²) < 4.78 is 14.1. The quantitative estimate of drug-likeness (QED) is 0.801. The normalized spacial score (nSPS) is 22.3. The van der Waals surface area contributed by atoms with Crippen molar-refractivity contribution in [3.05, 3.63) is 29.1 Å². The second-order valence-corrected chi connectivity index (χ2v) is 5.05. The molecule has 1 aromatic rings. The number of fused-ring (bicyclic) bond motifs is 3. The lowest BCUT2D eigenvalue weighted by Crippen LogP contribution is -2.53. The van der Waals surface area contributed by atoms with Gasteiger partial charge in [0.15, 0.2) is 0 Å². The van der Waals surface area contributed by atoms with Crippen molar-refractivity contribution in [2.24, 2.45) is 0 Å². The van der Waals surface area contributed by atoms with Crippen molar-refractivity contribution in [1.29, 1.82) is 0 Å². The number of rotatable bonds is 1. The van der Waals surface area contributed by atoms with Crippen molar-refractivity contribution in [1.82, 2.24) is 10.6 Å². The maximum absolute atomic E-state index is 14.1. The van der Waals surface area contributed by atoms with Gasteiger partial charge in [-0.2, -0.15) is 0 Å². The molecule has 2 aliphatic heterocycles. The van der Waals surface area contributed by atoms with Crippen LogP contribution < -0.4 is 15.5 Å². The molecule has 1 aromatic carbocycles. The highest BCUT2D eigenvalue weighted by molar-refractivity contribution is 6.02. The van der Waals surface area contributed by atoms with E-state index in [1.54, 1.807) is 0 Å². The van der Waals surface area contributed by atoms with Crippen molar-refractivity contribution in [2.75, 3.05) is 24.5 Å². The topological polar surface area (TPSA) is 44.4 Å². The molecular formula is C14H18FN3O. The van der Waals surface area contributed by atoms with E-state index in [1.165, 1.54) is 6.07 Å². The third-order valence-corrected chi connectivity index (χ3v) is 3.87. The zero-order valence-corrected chi connectivity index (χ0v) is 11.0. The summed E-state index contributed by atoms with van der Waals surface area (Å²) in [6, 6.07) is 3.42. The summed E-state index contributed by atoms with van der Waals surface area (Å²) in [7, 11) is 0. The standard InChI is InChI=1S/C14H18FN3O/c1-2-9-7-10(15)13-11(8-9)18-6-5-16-4-3-12(18)17-14(13)19/h7-8,12,16H,2-6H2,1H3,(H,17,19)/t12-/m0/s1. The minimum absolute atomic E-state index is 0.0264. The number of carbonyl (C=O) groups is 1. The second kappa shape index (κ2) is 4.81. The highest BCUT2D eigenvalue weighted by atomic mass is 19.1. The second-order valence-electron chi connectivity index (χ2n) is 5.05. The SMILES string of the molecule is CCc1cc(F)c2c(c1)N1CCNCC[C@H]1NC2=O. The third kappa shape index (κ3) is 2.08. The van der Waals surface area contributed by atoms with Crippen LogP contribution in [0.1, 0.15) is 29.3 Å². The van der Waals surface area contributed by atoms with Crippen LogP contribution in [0.25, 0.3) is 0 Å². The summed E-state index contributed by atoms with van der Waals surface area (Å²) in [5.41, 5.74) is 1.87. The first-order chi connectivity index (χ1) is 9.20. The molecule has 3 rings (SSSR count). The summed E-state index contributed by atoms with van der Waals surface area (Å²) in [4.78, 5) is 14.2. The predicted molar refractivity (Wildman–Crippen MR) is 71.9 cm³/mol. The van der Waals surface area contributed by atoms with Crippen LogP contribution in [0.2, 0.25) is 0 Å². The Kier molecular flexibility index (Phi) is 3.14. The number of anilines is 1. The van der Waals surface area contributed by atoms with Gasteiger partial charge in [-0.1, -0.05) is 6.92 Å². The first-order valence-electron chi connectivity index (χ1n) is 6.81. The van der Waals surface area contributed by atoms with Crippen molar-refractivity contribution >= 4 is 11.6 Å². The van der Waals surface area contributed by atoms with Gasteiger partial charge in [0.05, 0.1) is 11.3 Å². The molecule has 0 spiro atoms. The van der Waals surface area contributed by atoms with Gasteiger partial charge >= 0.3 is 0 Å². The number of amides is 1. The lowest BCUT2D eigenvalue weighted by molar-refractivity contribution is 0.0922. The molecule has 4 nitrogen and oxygen atoms in total. The number of benzene rings is 1. The molecule has 2 heterocycles. The average Bonchev–Trinajstić information content (AvgIpc) is 2.63. The lowest BCUT2D eigenvalue weighted by atomic mass is 10.0. The first-order valence-corrected chi connectivity index (χ1v) is 6.81. The average molecular weight is 263 g/mol. The molecule has 0 aliphatic carbocycles. The van der Waals surface area contributed by atoms with E-state index in [9.17, 15) is 9.18 Å². The van der Waals surface area contributed by atoms with Gasteiger partial charge in [0.1, 0.15) is 12.0 Å². The minimum atomic E-state index is -0.414. The Bertz CT molecular complexity index is 518. The highest BCUT2D eigenvalue weighted by Crippen LogP contribution is 2.31. The van der Waals surface area contributed by atoms with Crippen molar-refractivity contribution in [3.8, 4) is 0 Å². The monoisotopic (exact) mass is 263 g/mol. The molecule has 0 unspecified atom stereocenters. The maximum atomic E-state index is 14.1. The fraction of sp³-hybridized carbons (Fsp3) is 0.500. The summed E-state index contributed by atoms with van der Waals surface area (Å²) in [6.07, 6.45) is 1.58. The first kappa shape index (κ1) is 12.4. The van der Waals surface area contributed by atoms with Crippen LogP contribution >= 0.6 is 0 Å². The highest BCUT2D eigenvalue weighted by Gasteiger charge is 2.33. The Morgan fingerprint density at radius 2 is 2.26 bits per heavy atom. The van der Waals surface area contributed by atoms with E-state index < -0.39 is 5.82 Å². The number of halogens is 1. The molecule has 1 saturated heterocycles. The summed E-state index contributed by atoms with van der Waals surface area (Å²) >= 11 is 0. The molecule has 1 amide bonds. The van der Waals surface area contributed by atoms with Gasteiger partial charge in [-0.25, -0.2) is 4.39 Å². The van der Waals surface area contributed by atoms with Gasteiger partial charge in [0.25, 0.3) is 5.91 Å². The van der Waals surface area contributed by atoms with E-state index in [4.69, 9.17) is 0 Å². The van der Waals surface area contributed by atoms with E-state index in [0.717, 1.165) is 43.7 Å². The Hall–Kier alpha value is -1.62. The van der Waals surface area contributed by atoms with Crippen LogP contribution in [0.15, 0.2) is 12.1 Å². The molecule has 1 fully saturated rings. The van der Waals surface area contributed by atoms with Crippen molar-refractivity contribution < 1.29 is 9.18 Å². The number of nitrogens with zero attached hydrogens (tertiary/aromatic N) is 1. The zero-order valence-electron chi connectivity index (χ0n) is 11.0. The molecule has 0 aromatic heterocycles. The third-order valence-electron chi connectivity index (χ3n) is 3.87. The van der Waals surface area contributed by atoms with E-state index in [-0.39, 0.29) is 17.6 Å². The number of nitrogens with one attached hydrogen (secondary N) is 2. The van der Waals surface area contributed by atoms with E-state index in [2.05, 4.69) is 15.5 Å².